The molecule has 118 valence electrons. The number of phenols is 1. The molecule has 0 unspecified atom stereocenters. The van der Waals surface area contributed by atoms with Crippen molar-refractivity contribution in [2.24, 2.45) is 5.84 Å². The summed E-state index contributed by atoms with van der Waals surface area (Å²) in [4.78, 5) is 12.1. The van der Waals surface area contributed by atoms with E-state index in [-0.39, 0.29) is 11.7 Å². The van der Waals surface area contributed by atoms with Gasteiger partial charge in [-0.3, -0.25) is 10.6 Å². The third-order valence-corrected chi connectivity index (χ3v) is 3.47. The third kappa shape index (κ3) is 3.78. The van der Waals surface area contributed by atoms with Crippen molar-refractivity contribution in [2.75, 3.05) is 19.1 Å². The van der Waals surface area contributed by atoms with E-state index in [0.29, 0.717) is 29.2 Å². The van der Waals surface area contributed by atoms with Gasteiger partial charge in [0, 0.05) is 0 Å². The number of carbonyl (C=O) groups excluding carboxylic acids is 1. The highest BCUT2D eigenvalue weighted by Crippen LogP contribution is 2.41. The van der Waals surface area contributed by atoms with Gasteiger partial charge in [-0.05, 0) is 37.5 Å². The number of rotatable bonds is 7. The van der Waals surface area contributed by atoms with Crippen molar-refractivity contribution in [2.45, 2.75) is 39.5 Å². The number of carbonyl (C=O) groups is 1. The molecule has 0 spiro atoms. The number of ether oxygens (including phenoxy) is 2. The fourth-order valence-electron chi connectivity index (χ4n) is 2.14. The molecule has 0 heterocycles. The lowest BCUT2D eigenvalue weighted by atomic mass is 9.94. The Morgan fingerprint density at radius 1 is 1.52 bits per heavy atom. The first-order valence-corrected chi connectivity index (χ1v) is 7.01. The summed E-state index contributed by atoms with van der Waals surface area (Å²) in [6.07, 6.45) is 1.81. The number of nitrogen functional groups attached to an aromatic ring is 1. The second-order valence-corrected chi connectivity index (χ2v) is 4.91. The van der Waals surface area contributed by atoms with Gasteiger partial charge in [0.05, 0.1) is 25.3 Å². The molecule has 1 aromatic carbocycles. The van der Waals surface area contributed by atoms with Crippen molar-refractivity contribution >= 4 is 11.7 Å². The molecule has 0 saturated carbocycles. The molecule has 1 rings (SSSR count). The fourth-order valence-corrected chi connectivity index (χ4v) is 2.14. The van der Waals surface area contributed by atoms with Crippen LogP contribution in [0.1, 0.15) is 43.7 Å². The van der Waals surface area contributed by atoms with Crippen LogP contribution in [0.3, 0.4) is 0 Å². The van der Waals surface area contributed by atoms with Gasteiger partial charge in [-0.1, -0.05) is 13.3 Å². The summed E-state index contributed by atoms with van der Waals surface area (Å²) in [5.41, 5.74) is 4.10. The van der Waals surface area contributed by atoms with E-state index in [1.807, 2.05) is 6.92 Å². The van der Waals surface area contributed by atoms with Crippen molar-refractivity contribution < 1.29 is 19.4 Å². The first-order chi connectivity index (χ1) is 9.97. The van der Waals surface area contributed by atoms with E-state index < -0.39 is 5.92 Å². The SMILES string of the molecule is CCCCOC(=O)[C@H](C)c1cc(NN)c(O)c(OC)c1C. The monoisotopic (exact) mass is 296 g/mol. The number of nitrogens with one attached hydrogen (secondary N) is 1. The molecule has 4 N–H and O–H groups in total. The van der Waals surface area contributed by atoms with E-state index in [9.17, 15) is 9.90 Å². The standard InChI is InChI=1S/C15H24N2O4/c1-5-6-7-21-15(19)10(3)11-8-12(17-16)13(18)14(20-4)9(11)2/h8,10,17-18H,5-7,16H2,1-4H3/t10-/m1/s1. The molecule has 0 aromatic heterocycles. The quantitative estimate of drug-likeness (QED) is 0.235. The molecule has 6 nitrogen and oxygen atoms in total. The predicted octanol–water partition coefficient (Wildman–Crippen LogP) is 2.44. The van der Waals surface area contributed by atoms with Crippen LogP contribution in [0.4, 0.5) is 5.69 Å². The number of anilines is 1. The van der Waals surface area contributed by atoms with Crippen molar-refractivity contribution in [1.29, 1.82) is 0 Å². The number of phenolic OH excluding ortho intramolecular Hbond substituents is 1. The summed E-state index contributed by atoms with van der Waals surface area (Å²) in [5, 5.41) is 10.0. The second-order valence-electron chi connectivity index (χ2n) is 4.91. The summed E-state index contributed by atoms with van der Waals surface area (Å²) >= 11 is 0. The Hall–Kier alpha value is -1.95. The molecule has 0 radical (unpaired) electrons. The van der Waals surface area contributed by atoms with Gasteiger partial charge in [0.15, 0.2) is 11.5 Å². The molecular formula is C15H24N2O4. The number of hydrazine groups is 1. The minimum absolute atomic E-state index is 0.0761. The topological polar surface area (TPSA) is 93.8 Å². The van der Waals surface area contributed by atoms with E-state index in [0.717, 1.165) is 12.8 Å². The highest BCUT2D eigenvalue weighted by Gasteiger charge is 2.24. The Labute approximate surface area is 125 Å². The normalized spacial score (nSPS) is 11.9. The van der Waals surface area contributed by atoms with E-state index in [2.05, 4.69) is 5.43 Å². The van der Waals surface area contributed by atoms with Crippen LogP contribution in [-0.4, -0.2) is 24.8 Å². The van der Waals surface area contributed by atoms with E-state index >= 15 is 0 Å². The van der Waals surface area contributed by atoms with Gasteiger partial charge in [0.1, 0.15) is 0 Å². The Kier molecular flexibility index (Phi) is 6.30. The Morgan fingerprint density at radius 2 is 2.19 bits per heavy atom. The Bertz CT molecular complexity index is 503. The molecule has 0 bridgehead atoms. The number of esters is 1. The molecule has 1 atom stereocenters. The smallest absolute Gasteiger partial charge is 0.313 e. The summed E-state index contributed by atoms with van der Waals surface area (Å²) < 4.78 is 10.4. The largest absolute Gasteiger partial charge is 0.503 e. The van der Waals surface area contributed by atoms with E-state index in [1.54, 1.807) is 19.9 Å². The predicted molar refractivity (Wildman–Crippen MR) is 81.5 cm³/mol. The number of nitrogens with two attached hydrogens (primary N) is 1. The molecule has 0 aliphatic rings. The van der Waals surface area contributed by atoms with E-state index in [4.69, 9.17) is 15.3 Å². The Morgan fingerprint density at radius 3 is 2.71 bits per heavy atom. The number of benzene rings is 1. The number of hydrogen-bond acceptors (Lipinski definition) is 6. The summed E-state index contributed by atoms with van der Waals surface area (Å²) in [7, 11) is 1.45. The molecule has 0 amide bonds. The maximum Gasteiger partial charge on any atom is 0.313 e. The summed E-state index contributed by atoms with van der Waals surface area (Å²) in [5.74, 6) is 4.84. The maximum absolute atomic E-state index is 12.1. The van der Waals surface area contributed by atoms with Gasteiger partial charge in [0.25, 0.3) is 0 Å². The molecule has 21 heavy (non-hydrogen) atoms. The highest BCUT2D eigenvalue weighted by atomic mass is 16.5. The number of unbranched alkanes of at least 4 members (excludes halogenated alkanes) is 1. The summed E-state index contributed by atoms with van der Waals surface area (Å²) in [6, 6.07) is 1.64. The van der Waals surface area contributed by atoms with Gasteiger partial charge in [-0.15, -0.1) is 0 Å². The minimum Gasteiger partial charge on any atom is -0.503 e. The third-order valence-electron chi connectivity index (χ3n) is 3.47. The van der Waals surface area contributed by atoms with Crippen LogP contribution in [0.25, 0.3) is 0 Å². The van der Waals surface area contributed by atoms with Crippen LogP contribution in [-0.2, 0) is 9.53 Å². The molecular weight excluding hydrogens is 272 g/mol. The molecule has 0 saturated heterocycles. The molecule has 0 aliphatic carbocycles. The van der Waals surface area contributed by atoms with Crippen LogP contribution in [0.2, 0.25) is 0 Å². The van der Waals surface area contributed by atoms with Gasteiger partial charge in [-0.25, -0.2) is 0 Å². The van der Waals surface area contributed by atoms with Gasteiger partial charge < -0.3 is 20.0 Å². The molecule has 6 heteroatoms. The zero-order chi connectivity index (χ0) is 16.0. The van der Waals surface area contributed by atoms with Crippen molar-refractivity contribution in [3.05, 3.63) is 17.2 Å². The number of aromatic hydroxyl groups is 1. The van der Waals surface area contributed by atoms with Crippen LogP contribution < -0.4 is 16.0 Å². The van der Waals surface area contributed by atoms with E-state index in [1.165, 1.54) is 7.11 Å². The van der Waals surface area contributed by atoms with Crippen LogP contribution in [0.15, 0.2) is 6.07 Å². The van der Waals surface area contributed by atoms with Crippen molar-refractivity contribution in [3.8, 4) is 11.5 Å². The van der Waals surface area contributed by atoms with Crippen LogP contribution in [0, 0.1) is 6.92 Å². The lowest BCUT2D eigenvalue weighted by Gasteiger charge is -2.19. The molecule has 1 aromatic rings. The fraction of sp³-hybridized carbons (Fsp3) is 0.533. The van der Waals surface area contributed by atoms with Gasteiger partial charge in [-0.2, -0.15) is 0 Å². The Balaban J connectivity index is 3.08. The highest BCUT2D eigenvalue weighted by molar-refractivity contribution is 5.80. The number of hydrogen-bond donors (Lipinski definition) is 3. The first-order valence-electron chi connectivity index (χ1n) is 7.01. The second kappa shape index (κ2) is 7.73. The van der Waals surface area contributed by atoms with Crippen molar-refractivity contribution in [3.63, 3.8) is 0 Å². The molecule has 0 fully saturated rings. The average molecular weight is 296 g/mol. The number of methoxy groups -OCH3 is 1. The lowest BCUT2D eigenvalue weighted by molar-refractivity contribution is -0.145. The average Bonchev–Trinajstić information content (AvgIpc) is 2.47. The molecule has 0 aliphatic heterocycles. The van der Waals surface area contributed by atoms with Gasteiger partial charge >= 0.3 is 5.97 Å². The van der Waals surface area contributed by atoms with Crippen molar-refractivity contribution in [1.82, 2.24) is 0 Å². The zero-order valence-corrected chi connectivity index (χ0v) is 13.0. The summed E-state index contributed by atoms with van der Waals surface area (Å²) in [6.45, 7) is 5.98. The van der Waals surface area contributed by atoms with Crippen LogP contribution >= 0.6 is 0 Å². The van der Waals surface area contributed by atoms with Crippen LogP contribution in [0.5, 0.6) is 11.5 Å². The lowest BCUT2D eigenvalue weighted by Crippen LogP contribution is -2.16. The zero-order valence-electron chi connectivity index (χ0n) is 13.0. The first kappa shape index (κ1) is 17.1. The van der Waals surface area contributed by atoms with Gasteiger partial charge in [0.2, 0.25) is 0 Å². The maximum atomic E-state index is 12.1. The minimum atomic E-state index is -0.469.